The molecule has 2 aromatic rings. The van der Waals surface area contributed by atoms with Crippen molar-refractivity contribution in [2.45, 2.75) is 51.2 Å². The molecule has 0 radical (unpaired) electrons. The molecule has 0 fully saturated rings. The van der Waals surface area contributed by atoms with E-state index in [4.69, 9.17) is 11.6 Å². The number of rotatable bonds is 6. The molecule has 0 bridgehead atoms. The second kappa shape index (κ2) is 8.48. The largest absolute Gasteiger partial charge is 0.316 e. The molecule has 1 heterocycles. The number of fused-ring (bicyclic) bond motifs is 1. The lowest BCUT2D eigenvalue weighted by Gasteiger charge is -2.22. The Morgan fingerprint density at radius 2 is 2.19 bits per heavy atom. The first kappa shape index (κ1) is 20.0. The fraction of sp³-hybridized carbons (Fsp3) is 0.450. The van der Waals surface area contributed by atoms with Crippen molar-refractivity contribution in [3.63, 3.8) is 0 Å². The van der Waals surface area contributed by atoms with Gasteiger partial charge in [0.25, 0.3) is 5.56 Å². The van der Waals surface area contributed by atoms with Crippen molar-refractivity contribution in [1.29, 1.82) is 0 Å². The van der Waals surface area contributed by atoms with E-state index in [1.807, 2.05) is 25.7 Å². The Labute approximate surface area is 168 Å². The molecular weight excluding hydrogens is 382 g/mol. The van der Waals surface area contributed by atoms with E-state index in [-0.39, 0.29) is 23.3 Å². The molecule has 1 aliphatic carbocycles. The minimum atomic E-state index is -0.104. The van der Waals surface area contributed by atoms with Gasteiger partial charge in [0.15, 0.2) is 5.16 Å². The molecule has 1 aromatic heterocycles. The Kier molecular flexibility index (Phi) is 6.27. The van der Waals surface area contributed by atoms with E-state index in [0.29, 0.717) is 27.6 Å². The molecular formula is C20H24ClN3O2S. The van der Waals surface area contributed by atoms with Gasteiger partial charge in [0.2, 0.25) is 5.91 Å². The summed E-state index contributed by atoms with van der Waals surface area (Å²) in [5.74, 6) is 0.294. The minimum Gasteiger partial charge on any atom is -0.316 e. The summed E-state index contributed by atoms with van der Waals surface area (Å²) < 4.78 is 1.65. The first-order valence-corrected chi connectivity index (χ1v) is 10.6. The summed E-state index contributed by atoms with van der Waals surface area (Å²) in [7, 11) is 0. The van der Waals surface area contributed by atoms with Gasteiger partial charge in [-0.25, -0.2) is 4.98 Å². The quantitative estimate of drug-likeness (QED) is 0.519. The number of benzene rings is 1. The van der Waals surface area contributed by atoms with Crippen LogP contribution in [0.25, 0.3) is 10.9 Å². The number of carbonyl (C=O) groups excluding carboxylic acids is 1. The normalized spacial score (nSPS) is 14.0. The topological polar surface area (TPSA) is 55.2 Å². The maximum atomic E-state index is 12.9. The van der Waals surface area contributed by atoms with Crippen LogP contribution in [0.5, 0.6) is 0 Å². The van der Waals surface area contributed by atoms with E-state index in [1.165, 1.54) is 11.8 Å². The third kappa shape index (κ3) is 4.22. The van der Waals surface area contributed by atoms with Crippen molar-refractivity contribution >= 4 is 40.2 Å². The van der Waals surface area contributed by atoms with E-state index >= 15 is 0 Å². The molecule has 0 unspecified atom stereocenters. The predicted octanol–water partition coefficient (Wildman–Crippen LogP) is 4.64. The molecule has 0 atom stereocenters. The van der Waals surface area contributed by atoms with E-state index in [2.05, 4.69) is 11.1 Å². The molecule has 1 amide bonds. The molecule has 144 valence electrons. The highest BCUT2D eigenvalue weighted by Gasteiger charge is 2.21. The van der Waals surface area contributed by atoms with Gasteiger partial charge in [-0.3, -0.25) is 14.2 Å². The lowest BCUT2D eigenvalue weighted by Crippen LogP contribution is -2.31. The van der Waals surface area contributed by atoms with Gasteiger partial charge < -0.3 is 4.90 Å². The van der Waals surface area contributed by atoms with E-state index in [1.54, 1.807) is 22.8 Å². The second-order valence-electron chi connectivity index (χ2n) is 6.84. The van der Waals surface area contributed by atoms with E-state index in [0.717, 1.165) is 25.0 Å². The zero-order valence-electron chi connectivity index (χ0n) is 15.9. The van der Waals surface area contributed by atoms with Crippen molar-refractivity contribution in [3.8, 4) is 0 Å². The van der Waals surface area contributed by atoms with E-state index < -0.39 is 0 Å². The van der Waals surface area contributed by atoms with Crippen LogP contribution in [-0.2, 0) is 4.79 Å². The SMILES string of the molecule is CCN(C(=O)CSc1nc2cc(Cl)ccc2c(=O)n1C(C)C)C1=CCCC1. The van der Waals surface area contributed by atoms with Gasteiger partial charge in [-0.1, -0.05) is 29.4 Å². The average Bonchev–Trinajstić information content (AvgIpc) is 3.14. The molecule has 0 spiro atoms. The number of allylic oxidation sites excluding steroid dienone is 2. The Bertz CT molecular complexity index is 952. The number of amides is 1. The molecule has 27 heavy (non-hydrogen) atoms. The van der Waals surface area contributed by atoms with Crippen LogP contribution in [-0.4, -0.2) is 32.7 Å². The Morgan fingerprint density at radius 3 is 2.81 bits per heavy atom. The van der Waals surface area contributed by atoms with Crippen molar-refractivity contribution in [3.05, 3.63) is 45.3 Å². The summed E-state index contributed by atoms with van der Waals surface area (Å²) in [4.78, 5) is 32.1. The monoisotopic (exact) mass is 405 g/mol. The number of halogens is 1. The number of hydrogen-bond acceptors (Lipinski definition) is 4. The second-order valence-corrected chi connectivity index (χ2v) is 8.22. The summed E-state index contributed by atoms with van der Waals surface area (Å²) >= 11 is 7.37. The maximum absolute atomic E-state index is 12.9. The summed E-state index contributed by atoms with van der Waals surface area (Å²) in [5, 5.41) is 1.62. The third-order valence-corrected chi connectivity index (χ3v) is 5.83. The predicted molar refractivity (Wildman–Crippen MR) is 111 cm³/mol. The van der Waals surface area contributed by atoms with Crippen LogP contribution in [0.15, 0.2) is 39.9 Å². The van der Waals surface area contributed by atoms with Gasteiger partial charge in [0.05, 0.1) is 16.7 Å². The highest BCUT2D eigenvalue weighted by atomic mass is 35.5. The van der Waals surface area contributed by atoms with Crippen molar-refractivity contribution < 1.29 is 4.79 Å². The average molecular weight is 406 g/mol. The summed E-state index contributed by atoms with van der Waals surface area (Å²) in [6, 6.07) is 5.04. The fourth-order valence-corrected chi connectivity index (χ4v) is 4.52. The first-order valence-electron chi connectivity index (χ1n) is 9.26. The highest BCUT2D eigenvalue weighted by molar-refractivity contribution is 7.99. The number of thioether (sulfide) groups is 1. The molecule has 0 saturated heterocycles. The number of nitrogens with zero attached hydrogens (tertiary/aromatic N) is 3. The van der Waals surface area contributed by atoms with Gasteiger partial charge in [-0.15, -0.1) is 0 Å². The first-order chi connectivity index (χ1) is 12.9. The van der Waals surface area contributed by atoms with Crippen LogP contribution in [0.4, 0.5) is 0 Å². The Morgan fingerprint density at radius 1 is 1.41 bits per heavy atom. The molecule has 1 aromatic carbocycles. The fourth-order valence-electron chi connectivity index (χ4n) is 3.35. The van der Waals surface area contributed by atoms with E-state index in [9.17, 15) is 9.59 Å². The molecule has 7 heteroatoms. The summed E-state index contributed by atoms with van der Waals surface area (Å²) in [6.07, 6.45) is 5.23. The van der Waals surface area contributed by atoms with Gasteiger partial charge in [-0.2, -0.15) is 0 Å². The zero-order chi connectivity index (χ0) is 19.6. The highest BCUT2D eigenvalue weighted by Crippen LogP contribution is 2.25. The molecule has 1 aliphatic rings. The lowest BCUT2D eigenvalue weighted by molar-refractivity contribution is -0.126. The number of hydrogen-bond donors (Lipinski definition) is 0. The van der Waals surface area contributed by atoms with Crippen molar-refractivity contribution in [2.24, 2.45) is 0 Å². The van der Waals surface area contributed by atoms with Crippen LogP contribution in [0.3, 0.4) is 0 Å². The number of carbonyl (C=O) groups is 1. The summed E-state index contributed by atoms with van der Waals surface area (Å²) in [5.41, 5.74) is 1.57. The zero-order valence-corrected chi connectivity index (χ0v) is 17.4. The van der Waals surface area contributed by atoms with Crippen LogP contribution in [0.2, 0.25) is 5.02 Å². The lowest BCUT2D eigenvalue weighted by atomic mass is 10.2. The minimum absolute atomic E-state index is 0.0476. The Hall–Kier alpha value is -1.79. The van der Waals surface area contributed by atoms with Crippen LogP contribution < -0.4 is 5.56 Å². The standard InChI is InChI=1S/C20H24ClN3O2S/c1-4-23(15-7-5-6-8-15)18(25)12-27-20-22-17-11-14(21)9-10-16(17)19(26)24(20)13(2)3/h7,9-11,13H,4-6,8,12H2,1-3H3. The van der Waals surface area contributed by atoms with Gasteiger partial charge in [0.1, 0.15) is 0 Å². The van der Waals surface area contributed by atoms with Gasteiger partial charge >= 0.3 is 0 Å². The van der Waals surface area contributed by atoms with Crippen molar-refractivity contribution in [1.82, 2.24) is 14.5 Å². The number of aromatic nitrogens is 2. The van der Waals surface area contributed by atoms with Crippen molar-refractivity contribution in [2.75, 3.05) is 12.3 Å². The van der Waals surface area contributed by atoms with Crippen LogP contribution >= 0.6 is 23.4 Å². The smallest absolute Gasteiger partial charge is 0.262 e. The van der Waals surface area contributed by atoms with Gasteiger partial charge in [0, 0.05) is 23.3 Å². The molecule has 0 aliphatic heterocycles. The van der Waals surface area contributed by atoms with Crippen LogP contribution in [0, 0.1) is 0 Å². The van der Waals surface area contributed by atoms with Crippen LogP contribution in [0.1, 0.15) is 46.1 Å². The Balaban J connectivity index is 1.90. The molecule has 0 saturated carbocycles. The molecule has 0 N–H and O–H groups in total. The maximum Gasteiger partial charge on any atom is 0.262 e. The molecule has 3 rings (SSSR count). The van der Waals surface area contributed by atoms with Gasteiger partial charge in [-0.05, 0) is 58.2 Å². The third-order valence-electron chi connectivity index (χ3n) is 4.65. The summed E-state index contributed by atoms with van der Waals surface area (Å²) in [6.45, 7) is 6.53. The molecule has 5 nitrogen and oxygen atoms in total.